The lowest BCUT2D eigenvalue weighted by molar-refractivity contribution is 0.0927. The van der Waals surface area contributed by atoms with Gasteiger partial charge in [0.05, 0.1) is 5.56 Å². The van der Waals surface area contributed by atoms with Gasteiger partial charge in [-0.25, -0.2) is 4.98 Å². The van der Waals surface area contributed by atoms with Crippen LogP contribution in [0.1, 0.15) is 48.0 Å². The van der Waals surface area contributed by atoms with Crippen molar-refractivity contribution in [2.24, 2.45) is 0 Å². The first-order valence-electron chi connectivity index (χ1n) is 8.36. The maximum absolute atomic E-state index is 12.2. The number of carbonyl (C=O) groups is 1. The van der Waals surface area contributed by atoms with E-state index in [2.05, 4.69) is 27.8 Å². The van der Waals surface area contributed by atoms with Gasteiger partial charge in [-0.05, 0) is 30.5 Å². The molecular weight excluding hydrogens is 286 g/mol. The van der Waals surface area contributed by atoms with Gasteiger partial charge in [0.2, 0.25) is 0 Å². The van der Waals surface area contributed by atoms with Crippen molar-refractivity contribution in [3.63, 3.8) is 0 Å². The van der Waals surface area contributed by atoms with Crippen LogP contribution in [0.5, 0.6) is 0 Å². The molecule has 2 aromatic rings. The van der Waals surface area contributed by atoms with E-state index in [0.717, 1.165) is 25.2 Å². The van der Waals surface area contributed by atoms with E-state index in [0.29, 0.717) is 11.6 Å². The lowest BCUT2D eigenvalue weighted by Gasteiger charge is -2.22. The van der Waals surface area contributed by atoms with Crippen molar-refractivity contribution in [2.45, 2.75) is 44.7 Å². The van der Waals surface area contributed by atoms with Gasteiger partial charge in [-0.1, -0.05) is 49.6 Å². The molecule has 0 unspecified atom stereocenters. The quantitative estimate of drug-likeness (QED) is 0.884. The van der Waals surface area contributed by atoms with Gasteiger partial charge in [-0.3, -0.25) is 4.79 Å². The molecule has 0 spiro atoms. The van der Waals surface area contributed by atoms with Crippen LogP contribution in [0.25, 0.3) is 0 Å². The number of rotatable bonds is 5. The van der Waals surface area contributed by atoms with Crippen LogP contribution in [0.4, 0.5) is 5.82 Å². The predicted molar refractivity (Wildman–Crippen MR) is 92.3 cm³/mol. The summed E-state index contributed by atoms with van der Waals surface area (Å²) in [6, 6.07) is 14.2. The fraction of sp³-hybridized carbons (Fsp3) is 0.368. The summed E-state index contributed by atoms with van der Waals surface area (Å²) in [6.45, 7) is 0.724. The summed E-state index contributed by atoms with van der Waals surface area (Å²) in [4.78, 5) is 16.6. The van der Waals surface area contributed by atoms with Gasteiger partial charge in [0.1, 0.15) is 5.82 Å². The van der Waals surface area contributed by atoms with Crippen molar-refractivity contribution in [1.82, 2.24) is 10.3 Å². The van der Waals surface area contributed by atoms with Crippen molar-refractivity contribution in [3.8, 4) is 0 Å². The average molecular weight is 309 g/mol. The van der Waals surface area contributed by atoms with E-state index in [1.807, 2.05) is 30.3 Å². The molecule has 1 aromatic heterocycles. The molecule has 1 aliphatic carbocycles. The maximum atomic E-state index is 12.2. The molecule has 0 atom stereocenters. The predicted octanol–water partition coefficient (Wildman–Crippen LogP) is 3.76. The van der Waals surface area contributed by atoms with Gasteiger partial charge in [0, 0.05) is 18.8 Å². The molecule has 4 heteroatoms. The second-order valence-electron chi connectivity index (χ2n) is 6.08. The lowest BCUT2D eigenvalue weighted by atomic mass is 9.95. The van der Waals surface area contributed by atoms with Crippen molar-refractivity contribution in [3.05, 3.63) is 59.8 Å². The van der Waals surface area contributed by atoms with Gasteiger partial charge in [0.15, 0.2) is 0 Å². The van der Waals surface area contributed by atoms with E-state index in [9.17, 15) is 4.79 Å². The van der Waals surface area contributed by atoms with Gasteiger partial charge < -0.3 is 10.6 Å². The first-order chi connectivity index (χ1) is 11.3. The number of nitrogens with zero attached hydrogens (tertiary/aromatic N) is 1. The number of amides is 1. The molecule has 23 heavy (non-hydrogen) atoms. The summed E-state index contributed by atoms with van der Waals surface area (Å²) < 4.78 is 0. The van der Waals surface area contributed by atoms with Crippen LogP contribution in [0, 0.1) is 0 Å². The van der Waals surface area contributed by atoms with Crippen molar-refractivity contribution >= 4 is 11.7 Å². The highest BCUT2D eigenvalue weighted by atomic mass is 16.1. The summed E-state index contributed by atoms with van der Waals surface area (Å²) >= 11 is 0. The van der Waals surface area contributed by atoms with E-state index in [1.54, 1.807) is 6.20 Å². The zero-order valence-electron chi connectivity index (χ0n) is 13.3. The third-order valence-corrected chi connectivity index (χ3v) is 4.28. The van der Waals surface area contributed by atoms with Gasteiger partial charge in [0.25, 0.3) is 5.91 Å². The van der Waals surface area contributed by atoms with Crippen LogP contribution >= 0.6 is 0 Å². The minimum absolute atomic E-state index is 0.0148. The Labute approximate surface area is 137 Å². The number of nitrogens with one attached hydrogen (secondary N) is 2. The highest BCUT2D eigenvalue weighted by molar-refractivity contribution is 5.94. The molecule has 0 radical (unpaired) electrons. The molecule has 0 bridgehead atoms. The SMILES string of the molecule is O=C(NC1CCCCC1)c1ccc(NCc2ccccc2)nc1. The molecule has 0 aliphatic heterocycles. The Kier molecular flexibility index (Phi) is 5.25. The van der Waals surface area contributed by atoms with Crippen molar-refractivity contribution in [1.29, 1.82) is 0 Å². The normalized spacial score (nSPS) is 15.1. The van der Waals surface area contributed by atoms with Crippen molar-refractivity contribution < 1.29 is 4.79 Å². The molecular formula is C19H23N3O. The molecule has 1 aliphatic rings. The fourth-order valence-corrected chi connectivity index (χ4v) is 2.94. The molecule has 3 rings (SSSR count). The molecule has 1 fully saturated rings. The largest absolute Gasteiger partial charge is 0.366 e. The number of hydrogen-bond acceptors (Lipinski definition) is 3. The second kappa shape index (κ2) is 7.77. The minimum Gasteiger partial charge on any atom is -0.366 e. The zero-order chi connectivity index (χ0) is 15.9. The summed E-state index contributed by atoms with van der Waals surface area (Å²) in [5, 5.41) is 6.38. The van der Waals surface area contributed by atoms with Crippen LogP contribution < -0.4 is 10.6 Å². The van der Waals surface area contributed by atoms with E-state index >= 15 is 0 Å². The van der Waals surface area contributed by atoms with Crippen LogP contribution in [0.2, 0.25) is 0 Å². The second-order valence-corrected chi connectivity index (χ2v) is 6.08. The Hall–Kier alpha value is -2.36. The summed E-state index contributed by atoms with van der Waals surface area (Å²) in [7, 11) is 0. The monoisotopic (exact) mass is 309 g/mol. The molecule has 120 valence electrons. The number of carbonyl (C=O) groups excluding carboxylic acids is 1. The van der Waals surface area contributed by atoms with Crippen LogP contribution in [-0.4, -0.2) is 16.9 Å². The van der Waals surface area contributed by atoms with Gasteiger partial charge in [-0.2, -0.15) is 0 Å². The highest BCUT2D eigenvalue weighted by Crippen LogP contribution is 2.18. The smallest absolute Gasteiger partial charge is 0.253 e. The number of aromatic nitrogens is 1. The number of benzene rings is 1. The highest BCUT2D eigenvalue weighted by Gasteiger charge is 2.16. The maximum Gasteiger partial charge on any atom is 0.253 e. The number of anilines is 1. The Balaban J connectivity index is 1.52. The third-order valence-electron chi connectivity index (χ3n) is 4.28. The first kappa shape index (κ1) is 15.5. The molecule has 0 saturated heterocycles. The Morgan fingerprint density at radius 3 is 2.52 bits per heavy atom. The van der Waals surface area contributed by atoms with E-state index < -0.39 is 0 Å². The average Bonchev–Trinajstić information content (AvgIpc) is 2.62. The summed E-state index contributed by atoms with van der Waals surface area (Å²) in [5.74, 6) is 0.766. The van der Waals surface area contributed by atoms with E-state index in [1.165, 1.54) is 24.8 Å². The number of hydrogen-bond donors (Lipinski definition) is 2. The molecule has 1 saturated carbocycles. The molecule has 1 heterocycles. The fourth-order valence-electron chi connectivity index (χ4n) is 2.94. The zero-order valence-corrected chi connectivity index (χ0v) is 13.3. The van der Waals surface area contributed by atoms with Crippen LogP contribution in [-0.2, 0) is 6.54 Å². The first-order valence-corrected chi connectivity index (χ1v) is 8.36. The van der Waals surface area contributed by atoms with Crippen LogP contribution in [0.15, 0.2) is 48.7 Å². The molecule has 1 amide bonds. The molecule has 2 N–H and O–H groups in total. The Morgan fingerprint density at radius 2 is 1.83 bits per heavy atom. The Bertz CT molecular complexity index is 619. The number of pyridine rings is 1. The standard InChI is InChI=1S/C19H23N3O/c23-19(22-17-9-5-2-6-10-17)16-11-12-18(21-14-16)20-13-15-7-3-1-4-8-15/h1,3-4,7-8,11-12,14,17H,2,5-6,9-10,13H2,(H,20,21)(H,22,23). The van der Waals surface area contributed by atoms with Gasteiger partial charge >= 0.3 is 0 Å². The molecule has 4 nitrogen and oxygen atoms in total. The molecule has 1 aromatic carbocycles. The minimum atomic E-state index is -0.0148. The summed E-state index contributed by atoms with van der Waals surface area (Å²) in [6.07, 6.45) is 7.55. The van der Waals surface area contributed by atoms with Crippen LogP contribution in [0.3, 0.4) is 0 Å². The lowest BCUT2D eigenvalue weighted by Crippen LogP contribution is -2.36. The van der Waals surface area contributed by atoms with Gasteiger partial charge in [-0.15, -0.1) is 0 Å². The van der Waals surface area contributed by atoms with Crippen molar-refractivity contribution in [2.75, 3.05) is 5.32 Å². The topological polar surface area (TPSA) is 54.0 Å². The van der Waals surface area contributed by atoms with E-state index in [-0.39, 0.29) is 5.91 Å². The Morgan fingerprint density at radius 1 is 1.04 bits per heavy atom. The summed E-state index contributed by atoms with van der Waals surface area (Å²) in [5.41, 5.74) is 1.83. The third kappa shape index (κ3) is 4.55. The van der Waals surface area contributed by atoms with E-state index in [4.69, 9.17) is 0 Å².